The molecule has 20 heavy (non-hydrogen) atoms. The van der Waals surface area contributed by atoms with Crippen LogP contribution in [0.15, 0.2) is 46.5 Å². The van der Waals surface area contributed by atoms with Crippen molar-refractivity contribution in [3.63, 3.8) is 0 Å². The molecule has 1 atom stereocenters. The number of hydrogen-bond acceptors (Lipinski definition) is 5. The maximum absolute atomic E-state index is 9.78. The first-order chi connectivity index (χ1) is 9.74. The molecular weight excluding hydrogens is 274 g/mol. The summed E-state index contributed by atoms with van der Waals surface area (Å²) in [5, 5.41) is 10.6. The predicted molar refractivity (Wildman–Crippen MR) is 76.4 cm³/mol. The van der Waals surface area contributed by atoms with E-state index in [0.29, 0.717) is 13.2 Å². The van der Waals surface area contributed by atoms with Gasteiger partial charge in [0, 0.05) is 16.7 Å². The van der Waals surface area contributed by atoms with Gasteiger partial charge in [-0.3, -0.25) is 0 Å². The van der Waals surface area contributed by atoms with E-state index in [1.54, 1.807) is 13.1 Å². The fraction of sp³-hybridized carbons (Fsp3) is 0.267. The molecular formula is C15H15NO3S. The average Bonchev–Trinajstić information content (AvgIpc) is 2.47. The van der Waals surface area contributed by atoms with Gasteiger partial charge in [0.1, 0.15) is 18.2 Å². The highest BCUT2D eigenvalue weighted by atomic mass is 32.2. The SMILES string of the molecule is CC(O)c1cccnc1Sc1ccc2c(c1)OCCO2. The van der Waals surface area contributed by atoms with E-state index in [1.807, 2.05) is 30.3 Å². The highest BCUT2D eigenvalue weighted by Crippen LogP contribution is 2.37. The van der Waals surface area contributed by atoms with Gasteiger partial charge < -0.3 is 14.6 Å². The van der Waals surface area contributed by atoms with Gasteiger partial charge in [-0.05, 0) is 31.2 Å². The molecule has 0 aliphatic carbocycles. The van der Waals surface area contributed by atoms with Crippen molar-refractivity contribution in [1.82, 2.24) is 4.98 Å². The first kappa shape index (κ1) is 13.3. The van der Waals surface area contributed by atoms with E-state index in [1.165, 1.54) is 11.8 Å². The van der Waals surface area contributed by atoms with E-state index in [2.05, 4.69) is 4.98 Å². The minimum absolute atomic E-state index is 0.539. The van der Waals surface area contributed by atoms with Gasteiger partial charge in [-0.15, -0.1) is 0 Å². The summed E-state index contributed by atoms with van der Waals surface area (Å²) in [6.07, 6.45) is 1.19. The minimum Gasteiger partial charge on any atom is -0.486 e. The molecule has 1 unspecified atom stereocenters. The van der Waals surface area contributed by atoms with Crippen molar-refractivity contribution in [3.8, 4) is 11.5 Å². The number of nitrogens with zero attached hydrogens (tertiary/aromatic N) is 1. The molecule has 104 valence electrons. The van der Waals surface area contributed by atoms with E-state index in [0.717, 1.165) is 27.0 Å². The molecule has 0 amide bonds. The molecule has 0 radical (unpaired) electrons. The molecule has 1 N–H and O–H groups in total. The Morgan fingerprint density at radius 1 is 1.20 bits per heavy atom. The smallest absolute Gasteiger partial charge is 0.162 e. The average molecular weight is 289 g/mol. The number of fused-ring (bicyclic) bond motifs is 1. The van der Waals surface area contributed by atoms with Crippen LogP contribution in [0.2, 0.25) is 0 Å². The van der Waals surface area contributed by atoms with Crippen LogP contribution in [0.5, 0.6) is 11.5 Å². The fourth-order valence-electron chi connectivity index (χ4n) is 2.01. The van der Waals surface area contributed by atoms with Crippen molar-refractivity contribution in [2.75, 3.05) is 13.2 Å². The van der Waals surface area contributed by atoms with Crippen molar-refractivity contribution < 1.29 is 14.6 Å². The summed E-state index contributed by atoms with van der Waals surface area (Å²) < 4.78 is 11.1. The molecule has 1 aromatic carbocycles. The summed E-state index contributed by atoms with van der Waals surface area (Å²) in [6.45, 7) is 2.90. The lowest BCUT2D eigenvalue weighted by Gasteiger charge is -2.19. The van der Waals surface area contributed by atoms with Crippen LogP contribution in [0.3, 0.4) is 0 Å². The lowest BCUT2D eigenvalue weighted by atomic mass is 10.2. The Balaban J connectivity index is 1.88. The molecule has 0 fully saturated rings. The zero-order valence-corrected chi connectivity index (χ0v) is 11.9. The summed E-state index contributed by atoms with van der Waals surface area (Å²) in [5.74, 6) is 1.54. The fourth-order valence-corrected chi connectivity index (χ4v) is 3.00. The minimum atomic E-state index is -0.539. The Morgan fingerprint density at radius 2 is 2.00 bits per heavy atom. The molecule has 3 rings (SSSR count). The molecule has 5 heteroatoms. The van der Waals surface area contributed by atoms with Gasteiger partial charge in [-0.1, -0.05) is 17.8 Å². The molecule has 0 saturated carbocycles. The Kier molecular flexibility index (Phi) is 3.80. The van der Waals surface area contributed by atoms with Gasteiger partial charge in [-0.2, -0.15) is 0 Å². The number of rotatable bonds is 3. The molecule has 1 aromatic heterocycles. The molecule has 1 aliphatic heterocycles. The number of pyridine rings is 1. The van der Waals surface area contributed by atoms with Gasteiger partial charge >= 0.3 is 0 Å². The third-order valence-electron chi connectivity index (χ3n) is 2.98. The second-order valence-corrected chi connectivity index (χ2v) is 5.54. The molecule has 0 bridgehead atoms. The molecule has 1 aliphatic rings. The van der Waals surface area contributed by atoms with E-state index < -0.39 is 6.10 Å². The van der Waals surface area contributed by atoms with Crippen molar-refractivity contribution >= 4 is 11.8 Å². The standard InChI is InChI=1S/C15H15NO3S/c1-10(17)12-3-2-6-16-15(12)20-11-4-5-13-14(9-11)19-8-7-18-13/h2-6,9-10,17H,7-8H2,1H3. The second kappa shape index (κ2) is 5.73. The monoisotopic (exact) mass is 289 g/mol. The van der Waals surface area contributed by atoms with Gasteiger partial charge in [0.15, 0.2) is 11.5 Å². The van der Waals surface area contributed by atoms with Gasteiger partial charge in [-0.25, -0.2) is 4.98 Å². The molecule has 0 saturated heterocycles. The summed E-state index contributed by atoms with van der Waals surface area (Å²) in [5.41, 5.74) is 0.826. The van der Waals surface area contributed by atoms with Crippen LogP contribution in [-0.4, -0.2) is 23.3 Å². The topological polar surface area (TPSA) is 51.6 Å². The van der Waals surface area contributed by atoms with Crippen LogP contribution in [0.1, 0.15) is 18.6 Å². The van der Waals surface area contributed by atoms with Crippen LogP contribution in [-0.2, 0) is 0 Å². The lowest BCUT2D eigenvalue weighted by molar-refractivity contribution is 0.171. The van der Waals surface area contributed by atoms with Gasteiger partial charge in [0.05, 0.1) is 6.10 Å². The summed E-state index contributed by atoms with van der Waals surface area (Å²) in [7, 11) is 0. The first-order valence-electron chi connectivity index (χ1n) is 6.44. The summed E-state index contributed by atoms with van der Waals surface area (Å²) >= 11 is 1.51. The van der Waals surface area contributed by atoms with Gasteiger partial charge in [0.2, 0.25) is 0 Å². The van der Waals surface area contributed by atoms with Crippen molar-refractivity contribution in [3.05, 3.63) is 42.1 Å². The number of aliphatic hydroxyl groups is 1. The quantitative estimate of drug-likeness (QED) is 0.941. The molecule has 0 spiro atoms. The Labute approximate surface area is 121 Å². The summed E-state index contributed by atoms with van der Waals surface area (Å²) in [4.78, 5) is 5.35. The Hall–Kier alpha value is -1.72. The van der Waals surface area contributed by atoms with E-state index in [-0.39, 0.29) is 0 Å². The zero-order valence-electron chi connectivity index (χ0n) is 11.1. The van der Waals surface area contributed by atoms with Gasteiger partial charge in [0.25, 0.3) is 0 Å². The van der Waals surface area contributed by atoms with Crippen LogP contribution < -0.4 is 9.47 Å². The van der Waals surface area contributed by atoms with Crippen LogP contribution in [0.4, 0.5) is 0 Å². The van der Waals surface area contributed by atoms with E-state index >= 15 is 0 Å². The Morgan fingerprint density at radius 3 is 2.80 bits per heavy atom. The maximum atomic E-state index is 9.78. The van der Waals surface area contributed by atoms with Crippen LogP contribution >= 0.6 is 11.8 Å². The number of benzene rings is 1. The van der Waals surface area contributed by atoms with Crippen LogP contribution in [0.25, 0.3) is 0 Å². The predicted octanol–water partition coefficient (Wildman–Crippen LogP) is 3.06. The van der Waals surface area contributed by atoms with E-state index in [4.69, 9.17) is 9.47 Å². The number of ether oxygens (including phenoxy) is 2. The number of aliphatic hydroxyl groups excluding tert-OH is 1. The number of hydrogen-bond donors (Lipinski definition) is 1. The highest BCUT2D eigenvalue weighted by Gasteiger charge is 2.14. The van der Waals surface area contributed by atoms with Crippen molar-refractivity contribution in [2.24, 2.45) is 0 Å². The van der Waals surface area contributed by atoms with Crippen molar-refractivity contribution in [1.29, 1.82) is 0 Å². The normalized spacial score (nSPS) is 14.9. The molecule has 4 nitrogen and oxygen atoms in total. The first-order valence-corrected chi connectivity index (χ1v) is 7.26. The lowest BCUT2D eigenvalue weighted by Crippen LogP contribution is -2.15. The third-order valence-corrected chi connectivity index (χ3v) is 4.00. The largest absolute Gasteiger partial charge is 0.486 e. The summed E-state index contributed by atoms with van der Waals surface area (Å²) in [6, 6.07) is 9.54. The van der Waals surface area contributed by atoms with E-state index in [9.17, 15) is 5.11 Å². The highest BCUT2D eigenvalue weighted by molar-refractivity contribution is 7.99. The third kappa shape index (κ3) is 2.73. The zero-order chi connectivity index (χ0) is 13.9. The maximum Gasteiger partial charge on any atom is 0.162 e. The Bertz CT molecular complexity index is 616. The molecule has 2 aromatic rings. The van der Waals surface area contributed by atoms with Crippen molar-refractivity contribution in [2.45, 2.75) is 22.9 Å². The second-order valence-electron chi connectivity index (χ2n) is 4.48. The van der Waals surface area contributed by atoms with Crippen LogP contribution in [0, 0.1) is 0 Å². The number of aromatic nitrogens is 1. The molecule has 2 heterocycles.